The Balaban J connectivity index is 2.41. The zero-order valence-corrected chi connectivity index (χ0v) is 10.7. The lowest BCUT2D eigenvalue weighted by molar-refractivity contribution is -0.156. The van der Waals surface area contributed by atoms with Crippen LogP contribution in [0, 0.1) is 0 Å². The minimum absolute atomic E-state index is 0.211. The molecule has 1 aromatic carbocycles. The monoisotopic (exact) mass is 283 g/mol. The molecule has 16 heavy (non-hydrogen) atoms. The summed E-state index contributed by atoms with van der Waals surface area (Å²) in [4.78, 5) is 13.6. The van der Waals surface area contributed by atoms with Crippen LogP contribution in [0.15, 0.2) is 28.7 Å². The first-order chi connectivity index (χ1) is 7.54. The lowest BCUT2D eigenvalue weighted by atomic mass is 9.85. The molecule has 2 rings (SSSR count). The van der Waals surface area contributed by atoms with Gasteiger partial charge in [0, 0.05) is 18.1 Å². The summed E-state index contributed by atoms with van der Waals surface area (Å²) < 4.78 is 0.874. The van der Waals surface area contributed by atoms with Gasteiger partial charge in [0.05, 0.1) is 0 Å². The summed E-state index contributed by atoms with van der Waals surface area (Å²) >= 11 is 3.35. The van der Waals surface area contributed by atoms with Crippen molar-refractivity contribution in [3.8, 4) is 0 Å². The van der Waals surface area contributed by atoms with E-state index >= 15 is 0 Å². The van der Waals surface area contributed by atoms with Crippen molar-refractivity contribution in [1.82, 2.24) is 4.90 Å². The Morgan fingerprint density at radius 3 is 2.94 bits per heavy atom. The van der Waals surface area contributed by atoms with Crippen molar-refractivity contribution >= 4 is 21.8 Å². The highest BCUT2D eigenvalue weighted by Crippen LogP contribution is 2.33. The van der Waals surface area contributed by atoms with Gasteiger partial charge in [0.1, 0.15) is 0 Å². The number of hydrogen-bond acceptors (Lipinski definition) is 2. The first-order valence-electron chi connectivity index (χ1n) is 5.28. The molecule has 1 aromatic rings. The number of likely N-dealkylation sites (tertiary alicyclic amines) is 1. The lowest BCUT2D eigenvalue weighted by Gasteiger charge is -2.36. The summed E-state index contributed by atoms with van der Waals surface area (Å²) in [5.41, 5.74) is -0.685. The summed E-state index contributed by atoms with van der Waals surface area (Å²) in [6.45, 7) is 0.717. The topological polar surface area (TPSA) is 40.5 Å². The molecular weight excluding hydrogens is 270 g/mol. The van der Waals surface area contributed by atoms with Gasteiger partial charge in [-0.2, -0.15) is 0 Å². The van der Waals surface area contributed by atoms with Crippen molar-refractivity contribution in [2.24, 2.45) is 0 Å². The number of rotatable bonds is 1. The second kappa shape index (κ2) is 4.18. The van der Waals surface area contributed by atoms with Crippen molar-refractivity contribution in [2.45, 2.75) is 18.4 Å². The predicted molar refractivity (Wildman–Crippen MR) is 64.9 cm³/mol. The first kappa shape index (κ1) is 11.6. The summed E-state index contributed by atoms with van der Waals surface area (Å²) in [5.74, 6) is -0.211. The minimum atomic E-state index is -1.35. The number of halogens is 1. The lowest BCUT2D eigenvalue weighted by Crippen LogP contribution is -2.49. The number of likely N-dealkylation sites (N-methyl/N-ethyl adjacent to an activating group) is 1. The molecule has 0 aromatic heterocycles. The van der Waals surface area contributed by atoms with Crippen LogP contribution in [0.5, 0.6) is 0 Å². The maximum Gasteiger partial charge on any atom is 0.258 e. The number of hydrogen-bond donors (Lipinski definition) is 1. The quantitative estimate of drug-likeness (QED) is 0.855. The summed E-state index contributed by atoms with van der Waals surface area (Å²) in [7, 11) is 1.73. The number of piperidine rings is 1. The van der Waals surface area contributed by atoms with Gasteiger partial charge in [0.25, 0.3) is 5.91 Å². The number of carbonyl (C=O) groups excluding carboxylic acids is 1. The predicted octanol–water partition coefficient (Wildman–Crippen LogP) is 1.89. The molecule has 0 spiro atoms. The van der Waals surface area contributed by atoms with E-state index < -0.39 is 5.60 Å². The molecule has 0 saturated carbocycles. The second-order valence-corrected chi connectivity index (χ2v) is 5.12. The fourth-order valence-electron chi connectivity index (χ4n) is 2.11. The van der Waals surface area contributed by atoms with Crippen molar-refractivity contribution in [3.63, 3.8) is 0 Å². The largest absolute Gasteiger partial charge is 0.375 e. The third-order valence-electron chi connectivity index (χ3n) is 3.03. The highest BCUT2D eigenvalue weighted by molar-refractivity contribution is 9.10. The smallest absolute Gasteiger partial charge is 0.258 e. The first-order valence-corrected chi connectivity index (χ1v) is 6.07. The molecule has 1 heterocycles. The summed E-state index contributed by atoms with van der Waals surface area (Å²) in [6.07, 6.45) is 1.32. The molecule has 0 bridgehead atoms. The van der Waals surface area contributed by atoms with Crippen LogP contribution < -0.4 is 0 Å². The van der Waals surface area contributed by atoms with Crippen molar-refractivity contribution < 1.29 is 9.90 Å². The van der Waals surface area contributed by atoms with Crippen LogP contribution in [0.2, 0.25) is 0 Å². The standard InChI is InChI=1S/C12H14BrNO2/c1-14-7-3-6-12(16,11(14)15)9-4-2-5-10(13)8-9/h2,4-5,8,16H,3,6-7H2,1H3/t12-/m1/s1. The maximum absolute atomic E-state index is 12.0. The van der Waals surface area contributed by atoms with E-state index in [1.807, 2.05) is 12.1 Å². The average Bonchev–Trinajstić information content (AvgIpc) is 2.26. The Labute approximate surface area is 103 Å². The molecule has 1 fully saturated rings. The van der Waals surface area contributed by atoms with E-state index in [2.05, 4.69) is 15.9 Å². The zero-order valence-electron chi connectivity index (χ0n) is 9.11. The van der Waals surface area contributed by atoms with Crippen LogP contribution in [0.1, 0.15) is 18.4 Å². The van der Waals surface area contributed by atoms with Crippen molar-refractivity contribution in [2.75, 3.05) is 13.6 Å². The highest BCUT2D eigenvalue weighted by atomic mass is 79.9. The maximum atomic E-state index is 12.0. The van der Waals surface area contributed by atoms with Crippen LogP contribution in [0.3, 0.4) is 0 Å². The van der Waals surface area contributed by atoms with Gasteiger partial charge < -0.3 is 10.0 Å². The second-order valence-electron chi connectivity index (χ2n) is 4.20. The molecule has 1 N–H and O–H groups in total. The van der Waals surface area contributed by atoms with E-state index in [9.17, 15) is 9.90 Å². The van der Waals surface area contributed by atoms with Crippen LogP contribution in [0.25, 0.3) is 0 Å². The number of amides is 1. The SMILES string of the molecule is CN1CCC[C@@](O)(c2cccc(Br)c2)C1=O. The van der Waals surface area contributed by atoms with Crippen molar-refractivity contribution in [1.29, 1.82) is 0 Å². The third-order valence-corrected chi connectivity index (χ3v) is 3.53. The summed E-state index contributed by atoms with van der Waals surface area (Å²) in [6, 6.07) is 7.31. The Hall–Kier alpha value is -0.870. The zero-order chi connectivity index (χ0) is 11.8. The van der Waals surface area contributed by atoms with Crippen LogP contribution in [-0.2, 0) is 10.4 Å². The van der Waals surface area contributed by atoms with Crippen LogP contribution in [-0.4, -0.2) is 29.5 Å². The van der Waals surface area contributed by atoms with Gasteiger partial charge >= 0.3 is 0 Å². The molecule has 0 radical (unpaired) electrons. The molecule has 1 atom stereocenters. The van der Waals surface area contributed by atoms with Gasteiger partial charge in [-0.05, 0) is 30.5 Å². The Kier molecular flexibility index (Phi) is 3.04. The number of carbonyl (C=O) groups is 1. The molecule has 1 amide bonds. The minimum Gasteiger partial charge on any atom is -0.375 e. The fraction of sp³-hybridized carbons (Fsp3) is 0.417. The molecule has 4 heteroatoms. The van der Waals surface area contributed by atoms with E-state index in [1.165, 1.54) is 0 Å². The molecule has 3 nitrogen and oxygen atoms in total. The molecule has 0 unspecified atom stereocenters. The molecule has 86 valence electrons. The normalized spacial score (nSPS) is 25.9. The van der Waals surface area contributed by atoms with Gasteiger partial charge in [-0.25, -0.2) is 0 Å². The van der Waals surface area contributed by atoms with E-state index in [1.54, 1.807) is 24.1 Å². The Bertz CT molecular complexity index is 421. The van der Waals surface area contributed by atoms with E-state index in [-0.39, 0.29) is 5.91 Å². The van der Waals surface area contributed by atoms with E-state index in [4.69, 9.17) is 0 Å². The fourth-order valence-corrected chi connectivity index (χ4v) is 2.51. The third kappa shape index (κ3) is 1.87. The van der Waals surface area contributed by atoms with Gasteiger partial charge in [-0.3, -0.25) is 4.79 Å². The Morgan fingerprint density at radius 1 is 1.50 bits per heavy atom. The van der Waals surface area contributed by atoms with E-state index in [0.29, 0.717) is 12.0 Å². The molecule has 0 aliphatic carbocycles. The number of benzene rings is 1. The van der Waals surface area contributed by atoms with E-state index in [0.717, 1.165) is 17.4 Å². The van der Waals surface area contributed by atoms with Gasteiger partial charge in [0.2, 0.25) is 0 Å². The highest BCUT2D eigenvalue weighted by Gasteiger charge is 2.42. The molecule has 1 saturated heterocycles. The van der Waals surface area contributed by atoms with Gasteiger partial charge in [-0.15, -0.1) is 0 Å². The number of aliphatic hydroxyl groups is 1. The molecular formula is C12H14BrNO2. The van der Waals surface area contributed by atoms with Crippen LogP contribution in [0.4, 0.5) is 0 Å². The Morgan fingerprint density at radius 2 is 2.25 bits per heavy atom. The summed E-state index contributed by atoms with van der Waals surface area (Å²) in [5, 5.41) is 10.5. The van der Waals surface area contributed by atoms with Crippen molar-refractivity contribution in [3.05, 3.63) is 34.3 Å². The average molecular weight is 284 g/mol. The van der Waals surface area contributed by atoms with Crippen LogP contribution >= 0.6 is 15.9 Å². The van der Waals surface area contributed by atoms with Gasteiger partial charge in [0.15, 0.2) is 5.60 Å². The van der Waals surface area contributed by atoms with Gasteiger partial charge in [-0.1, -0.05) is 28.1 Å². The molecule has 1 aliphatic heterocycles. The molecule has 1 aliphatic rings. The number of nitrogens with zero attached hydrogens (tertiary/aromatic N) is 1.